The van der Waals surface area contributed by atoms with Crippen LogP contribution in [0.1, 0.15) is 53.4 Å². The van der Waals surface area contributed by atoms with E-state index in [-0.39, 0.29) is 0 Å². The first-order valence-electron chi connectivity index (χ1n) is 5.03. The summed E-state index contributed by atoms with van der Waals surface area (Å²) in [6, 6.07) is 0. The molecule has 0 unspecified atom stereocenters. The molecule has 0 heterocycles. The molecule has 0 heteroatoms. The van der Waals surface area contributed by atoms with Crippen molar-refractivity contribution in [2.24, 2.45) is 0 Å². The van der Waals surface area contributed by atoms with Crippen molar-refractivity contribution >= 4 is 0 Å². The van der Waals surface area contributed by atoms with Crippen molar-refractivity contribution < 1.29 is 0 Å². The van der Waals surface area contributed by atoms with Gasteiger partial charge in [0.15, 0.2) is 0 Å². The summed E-state index contributed by atoms with van der Waals surface area (Å²) < 4.78 is 0. The summed E-state index contributed by atoms with van der Waals surface area (Å²) in [5.74, 6) is 0. The molecule has 0 aliphatic rings. The third-order valence-electron chi connectivity index (χ3n) is 2.13. The lowest BCUT2D eigenvalue weighted by molar-refractivity contribution is 0.787. The summed E-state index contributed by atoms with van der Waals surface area (Å²) in [5.41, 5.74) is 2.97. The van der Waals surface area contributed by atoms with Gasteiger partial charge in [0.1, 0.15) is 0 Å². The van der Waals surface area contributed by atoms with Gasteiger partial charge in [-0.25, -0.2) is 0 Å². The Kier molecular flexibility index (Phi) is 6.84. The first-order chi connectivity index (χ1) is 5.70. The molecule has 0 aromatic heterocycles. The predicted octanol–water partition coefficient (Wildman–Crippen LogP) is 4.48. The average Bonchev–Trinajstić information content (AvgIpc) is 2.10. The van der Waals surface area contributed by atoms with Crippen LogP contribution in [0.5, 0.6) is 0 Å². The topological polar surface area (TPSA) is 0 Å². The predicted molar refractivity (Wildman–Crippen MR) is 57.3 cm³/mol. The number of hydrogen-bond acceptors (Lipinski definition) is 0. The van der Waals surface area contributed by atoms with E-state index in [1.165, 1.54) is 30.4 Å². The van der Waals surface area contributed by atoms with Gasteiger partial charge in [-0.1, -0.05) is 43.6 Å². The highest BCUT2D eigenvalue weighted by Gasteiger charge is 1.87. The maximum absolute atomic E-state index is 2.26. The minimum Gasteiger partial charge on any atom is -0.0736 e. The van der Waals surface area contributed by atoms with Gasteiger partial charge in [-0.2, -0.15) is 0 Å². The minimum atomic E-state index is 1.16. The molecule has 12 heavy (non-hydrogen) atoms. The molecule has 0 atom stereocenters. The first kappa shape index (κ1) is 11.5. The normalized spacial score (nSPS) is 13.7. The highest BCUT2D eigenvalue weighted by Crippen LogP contribution is 2.07. The van der Waals surface area contributed by atoms with E-state index in [0.29, 0.717) is 0 Å². The van der Waals surface area contributed by atoms with Gasteiger partial charge in [-0.15, -0.1) is 0 Å². The highest BCUT2D eigenvalue weighted by molar-refractivity contribution is 5.14. The van der Waals surface area contributed by atoms with Gasteiger partial charge in [0.2, 0.25) is 0 Å². The van der Waals surface area contributed by atoms with Crippen LogP contribution >= 0.6 is 0 Å². The van der Waals surface area contributed by atoms with Crippen molar-refractivity contribution in [3.05, 3.63) is 23.3 Å². The molecule has 0 N–H and O–H groups in total. The number of unbranched alkanes of at least 4 members (excludes halogenated alkanes) is 1. The molecule has 0 aromatic carbocycles. The maximum atomic E-state index is 2.26. The summed E-state index contributed by atoms with van der Waals surface area (Å²) >= 11 is 0. The Morgan fingerprint density at radius 1 is 1.00 bits per heavy atom. The van der Waals surface area contributed by atoms with Crippen LogP contribution in [0, 0.1) is 0 Å². The summed E-state index contributed by atoms with van der Waals surface area (Å²) in [5, 5.41) is 0. The molecule has 0 aliphatic heterocycles. The molecular weight excluding hydrogens is 144 g/mol. The van der Waals surface area contributed by atoms with Crippen molar-refractivity contribution in [2.45, 2.75) is 53.4 Å². The molecule has 0 saturated heterocycles. The molecule has 0 radical (unpaired) electrons. The fourth-order valence-corrected chi connectivity index (χ4v) is 0.941. The molecule has 0 aromatic rings. The van der Waals surface area contributed by atoms with E-state index in [4.69, 9.17) is 0 Å². The third-order valence-corrected chi connectivity index (χ3v) is 2.13. The lowest BCUT2D eigenvalue weighted by Gasteiger charge is -1.97. The zero-order valence-electron chi connectivity index (χ0n) is 8.98. The summed E-state index contributed by atoms with van der Waals surface area (Å²) in [6.07, 6.45) is 9.53. The Labute approximate surface area is 77.4 Å². The Balaban J connectivity index is 3.82. The van der Waals surface area contributed by atoms with Crippen molar-refractivity contribution in [3.8, 4) is 0 Å². The Hall–Kier alpha value is -0.520. The number of hydrogen-bond donors (Lipinski definition) is 0. The van der Waals surface area contributed by atoms with Gasteiger partial charge in [-0.05, 0) is 33.1 Å². The molecule has 0 bridgehead atoms. The van der Waals surface area contributed by atoms with Gasteiger partial charge < -0.3 is 0 Å². The second-order valence-corrected chi connectivity index (χ2v) is 3.48. The van der Waals surface area contributed by atoms with Crippen LogP contribution in [0.4, 0.5) is 0 Å². The second-order valence-electron chi connectivity index (χ2n) is 3.48. The van der Waals surface area contributed by atoms with Crippen molar-refractivity contribution in [3.63, 3.8) is 0 Å². The second kappa shape index (κ2) is 7.15. The molecule has 0 amide bonds. The van der Waals surface area contributed by atoms with Crippen LogP contribution in [0.2, 0.25) is 0 Å². The largest absolute Gasteiger partial charge is 0.0736 e. The lowest BCUT2D eigenvalue weighted by Crippen LogP contribution is -1.77. The summed E-state index contributed by atoms with van der Waals surface area (Å²) in [7, 11) is 0. The molecule has 0 aliphatic carbocycles. The van der Waals surface area contributed by atoms with Crippen LogP contribution in [0.25, 0.3) is 0 Å². The molecule has 0 rings (SSSR count). The Morgan fingerprint density at radius 3 is 2.08 bits per heavy atom. The monoisotopic (exact) mass is 166 g/mol. The van der Waals surface area contributed by atoms with E-state index in [1.807, 2.05) is 0 Å². The zero-order chi connectivity index (χ0) is 9.40. The van der Waals surface area contributed by atoms with E-state index >= 15 is 0 Å². The van der Waals surface area contributed by atoms with Crippen LogP contribution < -0.4 is 0 Å². The lowest BCUT2D eigenvalue weighted by atomic mass is 10.1. The maximum Gasteiger partial charge on any atom is -0.0320 e. The van der Waals surface area contributed by atoms with Gasteiger partial charge in [0, 0.05) is 0 Å². The molecule has 0 saturated carbocycles. The molecule has 70 valence electrons. The fraction of sp³-hybridized carbons (Fsp3) is 0.667. The molecule has 0 nitrogen and oxygen atoms in total. The van der Waals surface area contributed by atoms with Crippen molar-refractivity contribution in [1.29, 1.82) is 0 Å². The molecule has 0 spiro atoms. The minimum absolute atomic E-state index is 1.16. The summed E-state index contributed by atoms with van der Waals surface area (Å²) in [4.78, 5) is 0. The van der Waals surface area contributed by atoms with E-state index < -0.39 is 0 Å². The van der Waals surface area contributed by atoms with Gasteiger partial charge in [0.05, 0.1) is 0 Å². The van der Waals surface area contributed by atoms with E-state index in [0.717, 1.165) is 6.42 Å². The summed E-state index contributed by atoms with van der Waals surface area (Å²) in [6.45, 7) is 8.83. The number of rotatable bonds is 5. The third kappa shape index (κ3) is 6.21. The highest BCUT2D eigenvalue weighted by atomic mass is 13.9. The Morgan fingerprint density at radius 2 is 1.58 bits per heavy atom. The SMILES string of the molecule is CCCC/C(C)=C\C=C(\C)CC. The average molecular weight is 166 g/mol. The standard InChI is InChI=1S/C12H22/c1-5-7-8-12(4)10-9-11(3)6-2/h9-10H,5-8H2,1-4H3/b11-9-,12-10-. The van der Waals surface area contributed by atoms with Crippen LogP contribution in [0.15, 0.2) is 23.3 Å². The van der Waals surface area contributed by atoms with Gasteiger partial charge >= 0.3 is 0 Å². The fourth-order valence-electron chi connectivity index (χ4n) is 0.941. The van der Waals surface area contributed by atoms with E-state index in [2.05, 4.69) is 39.8 Å². The van der Waals surface area contributed by atoms with Gasteiger partial charge in [0.25, 0.3) is 0 Å². The van der Waals surface area contributed by atoms with Crippen LogP contribution in [-0.2, 0) is 0 Å². The van der Waals surface area contributed by atoms with Crippen molar-refractivity contribution in [2.75, 3.05) is 0 Å². The molecular formula is C12H22. The van der Waals surface area contributed by atoms with Gasteiger partial charge in [-0.3, -0.25) is 0 Å². The smallest absolute Gasteiger partial charge is 0.0320 e. The van der Waals surface area contributed by atoms with Crippen LogP contribution in [-0.4, -0.2) is 0 Å². The van der Waals surface area contributed by atoms with Crippen LogP contribution in [0.3, 0.4) is 0 Å². The van der Waals surface area contributed by atoms with E-state index in [1.54, 1.807) is 0 Å². The zero-order valence-corrected chi connectivity index (χ0v) is 8.98. The quantitative estimate of drug-likeness (QED) is 0.528. The number of allylic oxidation sites excluding steroid dienone is 4. The molecule has 0 fully saturated rings. The Bertz CT molecular complexity index is 161. The van der Waals surface area contributed by atoms with E-state index in [9.17, 15) is 0 Å². The first-order valence-corrected chi connectivity index (χ1v) is 5.03. The van der Waals surface area contributed by atoms with Crippen molar-refractivity contribution in [1.82, 2.24) is 0 Å².